The van der Waals surface area contributed by atoms with Gasteiger partial charge in [-0.05, 0) is 90.3 Å². The number of ether oxygens (including phenoxy) is 2. The lowest BCUT2D eigenvalue weighted by Crippen LogP contribution is -2.35. The lowest BCUT2D eigenvalue weighted by atomic mass is 9.80. The van der Waals surface area contributed by atoms with Crippen molar-refractivity contribution in [2.75, 3.05) is 19.9 Å². The number of rotatable bonds is 15. The van der Waals surface area contributed by atoms with Crippen LogP contribution in [-0.2, 0) is 15.1 Å². The smallest absolute Gasteiger partial charge is 0.143 e. The summed E-state index contributed by atoms with van der Waals surface area (Å²) in [5, 5.41) is 5.75. The van der Waals surface area contributed by atoms with Gasteiger partial charge in [0, 0.05) is 13.7 Å². The van der Waals surface area contributed by atoms with E-state index >= 15 is 0 Å². The van der Waals surface area contributed by atoms with Crippen LogP contribution >= 0.6 is 15.8 Å². The summed E-state index contributed by atoms with van der Waals surface area (Å²) in [5.74, 6) is 0.709. The molecule has 1 aliphatic carbocycles. The van der Waals surface area contributed by atoms with Crippen molar-refractivity contribution < 1.29 is 9.47 Å². The largest absolute Gasteiger partial charge is 0.381 e. The molecule has 8 rings (SSSR count). The minimum absolute atomic E-state index is 0.119. The fraction of sp³-hybridized carbons (Fsp3) is 0.192. The molecule has 1 fully saturated rings. The molecular weight excluding hydrogens is 719 g/mol. The van der Waals surface area contributed by atoms with Crippen LogP contribution in [0.25, 0.3) is 0 Å². The summed E-state index contributed by atoms with van der Waals surface area (Å²) < 4.78 is 14.1. The van der Waals surface area contributed by atoms with Crippen LogP contribution in [0, 0.1) is 11.8 Å². The van der Waals surface area contributed by atoms with E-state index in [1.54, 1.807) is 0 Å². The van der Waals surface area contributed by atoms with Gasteiger partial charge in [-0.1, -0.05) is 212 Å². The molecule has 56 heavy (non-hydrogen) atoms. The first kappa shape index (κ1) is 38.2. The van der Waals surface area contributed by atoms with Gasteiger partial charge in [-0.2, -0.15) is 0 Å². The summed E-state index contributed by atoms with van der Waals surface area (Å²) in [5.41, 5.74) is 3.07. The maximum Gasteiger partial charge on any atom is 0.143 e. The Morgan fingerprint density at radius 2 is 0.821 bits per heavy atom. The van der Waals surface area contributed by atoms with Crippen molar-refractivity contribution in [1.82, 2.24) is 0 Å². The second kappa shape index (κ2) is 18.5. The molecule has 0 unspecified atom stereocenters. The Bertz CT molecular complexity index is 2010. The highest BCUT2D eigenvalue weighted by Crippen LogP contribution is 2.57. The van der Waals surface area contributed by atoms with Crippen molar-refractivity contribution in [2.24, 2.45) is 11.8 Å². The van der Waals surface area contributed by atoms with Gasteiger partial charge >= 0.3 is 0 Å². The molecule has 0 radical (unpaired) electrons. The van der Waals surface area contributed by atoms with E-state index in [1.807, 2.05) is 7.11 Å². The summed E-state index contributed by atoms with van der Waals surface area (Å²) in [6, 6.07) is 77.4. The van der Waals surface area contributed by atoms with Gasteiger partial charge in [0.25, 0.3) is 0 Å². The normalized spacial score (nSPS) is 18.3. The fourth-order valence-electron chi connectivity index (χ4n) is 8.99. The van der Waals surface area contributed by atoms with Crippen molar-refractivity contribution in [1.29, 1.82) is 0 Å². The van der Waals surface area contributed by atoms with Gasteiger partial charge in [-0.25, -0.2) is 0 Å². The summed E-state index contributed by atoms with van der Waals surface area (Å²) in [7, 11) is 0.626. The predicted octanol–water partition coefficient (Wildman–Crippen LogP) is 10.7. The second-order valence-electron chi connectivity index (χ2n) is 14.6. The molecule has 280 valence electrons. The van der Waals surface area contributed by atoms with Crippen LogP contribution in [0.1, 0.15) is 29.5 Å². The maximum atomic E-state index is 7.49. The summed E-state index contributed by atoms with van der Waals surface area (Å²) >= 11 is 0. The van der Waals surface area contributed by atoms with Gasteiger partial charge in [0.05, 0.1) is 6.10 Å². The first-order valence-corrected chi connectivity index (χ1v) is 22.8. The molecule has 1 aliphatic rings. The van der Waals surface area contributed by atoms with Gasteiger partial charge in [0.1, 0.15) is 5.60 Å². The van der Waals surface area contributed by atoms with E-state index in [-0.39, 0.29) is 6.10 Å². The van der Waals surface area contributed by atoms with E-state index in [4.69, 9.17) is 9.47 Å². The minimum atomic E-state index is -0.763. The van der Waals surface area contributed by atoms with Crippen molar-refractivity contribution in [3.63, 3.8) is 0 Å². The van der Waals surface area contributed by atoms with E-state index in [2.05, 4.69) is 212 Å². The van der Waals surface area contributed by atoms with Gasteiger partial charge in [0.2, 0.25) is 0 Å². The molecule has 0 amide bonds. The summed E-state index contributed by atoms with van der Waals surface area (Å²) in [6.07, 6.45) is 3.13. The van der Waals surface area contributed by atoms with Crippen molar-refractivity contribution in [2.45, 2.75) is 30.2 Å². The van der Waals surface area contributed by atoms with Crippen LogP contribution in [0.3, 0.4) is 0 Å². The number of benzene rings is 7. The lowest BCUT2D eigenvalue weighted by Gasteiger charge is -2.38. The molecule has 2 nitrogen and oxygen atoms in total. The summed E-state index contributed by atoms with van der Waals surface area (Å²) in [4.78, 5) is 0. The van der Waals surface area contributed by atoms with Crippen LogP contribution in [0.2, 0.25) is 0 Å². The average molecular weight is 769 g/mol. The molecule has 4 atom stereocenters. The predicted molar refractivity (Wildman–Crippen MR) is 239 cm³/mol. The molecule has 0 saturated heterocycles. The molecule has 0 heterocycles. The minimum Gasteiger partial charge on any atom is -0.381 e. The highest BCUT2D eigenvalue weighted by molar-refractivity contribution is 7.74. The Morgan fingerprint density at radius 3 is 1.20 bits per heavy atom. The third-order valence-electron chi connectivity index (χ3n) is 11.5. The molecule has 0 N–H and O–H groups in total. The molecule has 7 aromatic rings. The standard InChI is InChI=1S/C52H50O2P2/c1-53-50-39-51(56(46-33-19-7-20-34-46)47-35-21-8-22-36-47)49(40-55(44-29-15-5-16-30-44)45-31-17-6-18-32-45)48(50)37-38-54-52(41-23-9-2-10-24-41,42-25-11-3-12-26-42)43-27-13-4-14-28-43/h2-36,48-51H,37-40H2,1H3/t48-,49-,50+,51+/m1/s1. The maximum absolute atomic E-state index is 7.49. The van der Waals surface area contributed by atoms with Crippen molar-refractivity contribution >= 4 is 37.1 Å². The molecule has 0 aliphatic heterocycles. The van der Waals surface area contributed by atoms with Gasteiger partial charge in [-0.3, -0.25) is 0 Å². The Hall–Kier alpha value is -4.68. The number of methoxy groups -OCH3 is 1. The molecule has 0 bridgehead atoms. The first-order valence-electron chi connectivity index (χ1n) is 19.9. The molecular formula is C52H50O2P2. The molecule has 0 spiro atoms. The van der Waals surface area contributed by atoms with Crippen molar-refractivity contribution in [3.05, 3.63) is 229 Å². The van der Waals surface area contributed by atoms with E-state index in [9.17, 15) is 0 Å². The van der Waals surface area contributed by atoms with Gasteiger partial charge < -0.3 is 9.47 Å². The summed E-state index contributed by atoms with van der Waals surface area (Å²) in [6.45, 7) is 0.593. The molecule has 0 aromatic heterocycles. The Balaban J connectivity index is 1.21. The topological polar surface area (TPSA) is 18.5 Å². The average Bonchev–Trinajstić information content (AvgIpc) is 3.62. The molecule has 4 heteroatoms. The number of hydrogen-bond donors (Lipinski definition) is 0. The van der Waals surface area contributed by atoms with E-state index < -0.39 is 21.4 Å². The van der Waals surface area contributed by atoms with Crippen LogP contribution in [0.4, 0.5) is 0 Å². The van der Waals surface area contributed by atoms with E-state index in [0.29, 0.717) is 24.1 Å². The fourth-order valence-corrected chi connectivity index (χ4v) is 15.1. The zero-order chi connectivity index (χ0) is 38.0. The number of hydrogen-bond acceptors (Lipinski definition) is 2. The van der Waals surface area contributed by atoms with Crippen LogP contribution in [-0.4, -0.2) is 31.6 Å². The first-order chi connectivity index (χ1) is 27.8. The van der Waals surface area contributed by atoms with Crippen molar-refractivity contribution in [3.8, 4) is 0 Å². The quantitative estimate of drug-likeness (QED) is 0.0764. The van der Waals surface area contributed by atoms with Gasteiger partial charge in [-0.15, -0.1) is 0 Å². The van der Waals surface area contributed by atoms with Crippen LogP contribution < -0.4 is 21.2 Å². The Morgan fingerprint density at radius 1 is 0.464 bits per heavy atom. The van der Waals surface area contributed by atoms with E-state index in [1.165, 1.54) is 21.2 Å². The lowest BCUT2D eigenvalue weighted by molar-refractivity contribution is -0.0120. The zero-order valence-corrected chi connectivity index (χ0v) is 33.8. The molecule has 1 saturated carbocycles. The van der Waals surface area contributed by atoms with Crippen LogP contribution in [0.15, 0.2) is 212 Å². The monoisotopic (exact) mass is 768 g/mol. The highest BCUT2D eigenvalue weighted by Gasteiger charge is 2.48. The second-order valence-corrected chi connectivity index (χ2v) is 19.3. The third-order valence-corrected chi connectivity index (χ3v) is 17.1. The zero-order valence-electron chi connectivity index (χ0n) is 32.1. The van der Waals surface area contributed by atoms with Crippen LogP contribution in [0.5, 0.6) is 0 Å². The van der Waals surface area contributed by atoms with Gasteiger partial charge in [0.15, 0.2) is 0 Å². The van der Waals surface area contributed by atoms with E-state index in [0.717, 1.165) is 35.7 Å². The third kappa shape index (κ3) is 8.23. The Kier molecular flexibility index (Phi) is 12.6. The SMILES string of the molecule is CO[C@H]1C[C@H](P(c2ccccc2)c2ccccc2)[C@H](CP(c2ccccc2)c2ccccc2)[C@H]1CCOC(c1ccccc1)(c1ccccc1)c1ccccc1. The Labute approximate surface area is 336 Å². The highest BCUT2D eigenvalue weighted by atomic mass is 31.1. The molecule has 7 aromatic carbocycles.